The van der Waals surface area contributed by atoms with E-state index in [0.29, 0.717) is 0 Å². The molecule has 5 nitrogen and oxygen atoms in total. The lowest BCUT2D eigenvalue weighted by Gasteiger charge is -2.34. The van der Waals surface area contributed by atoms with Crippen LogP contribution in [0.5, 0.6) is 11.5 Å². The molecule has 0 amide bonds. The van der Waals surface area contributed by atoms with E-state index in [9.17, 15) is 23.2 Å². The van der Waals surface area contributed by atoms with Crippen molar-refractivity contribution in [2.75, 3.05) is 0 Å². The maximum atomic E-state index is 13.0. The zero-order valence-electron chi connectivity index (χ0n) is 14.3. The maximum absolute atomic E-state index is 13.0. The lowest BCUT2D eigenvalue weighted by Crippen LogP contribution is -2.39. The summed E-state index contributed by atoms with van der Waals surface area (Å²) in [5.41, 5.74) is -0.785. The molecule has 3 N–H and O–H groups in total. The minimum Gasteiger partial charge on any atom is -0.508 e. The van der Waals surface area contributed by atoms with Crippen LogP contribution in [0, 0.1) is 0 Å². The molecule has 10 heteroatoms. The van der Waals surface area contributed by atoms with E-state index in [1.807, 2.05) is 0 Å². The molecule has 0 aliphatic rings. The lowest BCUT2D eigenvalue weighted by molar-refractivity contribution is 0.435. The molecule has 3 rings (SSSR count). The van der Waals surface area contributed by atoms with Crippen molar-refractivity contribution in [3.63, 3.8) is 0 Å². The Balaban J connectivity index is 2.68. The normalized spacial score (nSPS) is 13.8. The minimum absolute atomic E-state index is 0.0555. The Kier molecular flexibility index (Phi) is 5.98. The molecule has 0 radical (unpaired) electrons. The molecule has 29 heavy (non-hydrogen) atoms. The third-order valence-corrected chi connectivity index (χ3v) is 6.99. The highest BCUT2D eigenvalue weighted by molar-refractivity contribution is 7.87. The Morgan fingerprint density at radius 1 is 0.724 bits per heavy atom. The molecule has 0 spiro atoms. The number of phenols is 2. The molecule has 1 atom stereocenters. The smallest absolute Gasteiger partial charge is 0.283 e. The van der Waals surface area contributed by atoms with Gasteiger partial charge < -0.3 is 10.2 Å². The van der Waals surface area contributed by atoms with Crippen molar-refractivity contribution in [1.29, 1.82) is 0 Å². The van der Waals surface area contributed by atoms with Crippen LogP contribution >= 0.6 is 46.4 Å². The van der Waals surface area contributed by atoms with Crippen molar-refractivity contribution in [2.45, 2.75) is 4.75 Å². The van der Waals surface area contributed by atoms with Crippen LogP contribution in [0.3, 0.4) is 0 Å². The van der Waals surface area contributed by atoms with Crippen LogP contribution in [0.2, 0.25) is 20.1 Å². The molecule has 3 aromatic carbocycles. The Morgan fingerprint density at radius 3 is 1.97 bits per heavy atom. The molecule has 152 valence electrons. The van der Waals surface area contributed by atoms with Gasteiger partial charge in [0.2, 0.25) is 0 Å². The second-order valence-corrected chi connectivity index (χ2v) is 9.30. The van der Waals surface area contributed by atoms with Crippen molar-refractivity contribution in [1.82, 2.24) is 0 Å². The van der Waals surface area contributed by atoms with E-state index in [1.165, 1.54) is 36.4 Å². The number of aromatic hydroxyl groups is 2. The van der Waals surface area contributed by atoms with Gasteiger partial charge in [0.05, 0.1) is 5.02 Å². The lowest BCUT2D eigenvalue weighted by atomic mass is 9.83. The van der Waals surface area contributed by atoms with Gasteiger partial charge in [0.1, 0.15) is 11.5 Å². The van der Waals surface area contributed by atoms with Crippen LogP contribution in [0.15, 0.2) is 54.6 Å². The molecule has 0 saturated carbocycles. The van der Waals surface area contributed by atoms with E-state index in [1.54, 1.807) is 6.07 Å². The zero-order valence-corrected chi connectivity index (χ0v) is 18.1. The first kappa shape index (κ1) is 22.0. The standard InChI is InChI=1S/C19H12Cl4O5S/c20-10-5-6-16(22)13(7-10)19(29(26,27)28,12-3-1-2-4-15(12)21)14-8-11(24)9-17(23)18(14)25/h1-9,24-25H,(H,26,27,28). The van der Waals surface area contributed by atoms with Crippen molar-refractivity contribution in [2.24, 2.45) is 0 Å². The summed E-state index contributed by atoms with van der Waals surface area (Å²) in [5, 5.41) is 20.3. The fourth-order valence-electron chi connectivity index (χ4n) is 3.22. The monoisotopic (exact) mass is 492 g/mol. The van der Waals surface area contributed by atoms with E-state index >= 15 is 0 Å². The van der Waals surface area contributed by atoms with Gasteiger partial charge in [0.25, 0.3) is 10.1 Å². The summed E-state index contributed by atoms with van der Waals surface area (Å²) >= 11 is 24.7. The first-order valence-corrected chi connectivity index (χ1v) is 10.8. The molecule has 0 bridgehead atoms. The molecule has 1 unspecified atom stereocenters. The van der Waals surface area contributed by atoms with Crippen LogP contribution in [-0.2, 0) is 14.9 Å². The molecular weight excluding hydrogens is 482 g/mol. The van der Waals surface area contributed by atoms with Crippen molar-refractivity contribution < 1.29 is 23.2 Å². The highest BCUT2D eigenvalue weighted by atomic mass is 35.5. The number of benzene rings is 3. The first-order chi connectivity index (χ1) is 13.5. The van der Waals surface area contributed by atoms with Gasteiger partial charge in [-0.05, 0) is 30.3 Å². The summed E-state index contributed by atoms with van der Waals surface area (Å²) < 4.78 is 34.0. The molecule has 0 heterocycles. The van der Waals surface area contributed by atoms with Crippen LogP contribution in [-0.4, -0.2) is 23.2 Å². The maximum Gasteiger partial charge on any atom is 0.283 e. The SMILES string of the molecule is O=S(=O)(O)C(c1ccccc1Cl)(c1cc(Cl)ccc1Cl)c1cc(O)cc(Cl)c1O. The van der Waals surface area contributed by atoms with Gasteiger partial charge in [-0.15, -0.1) is 0 Å². The largest absolute Gasteiger partial charge is 0.508 e. The molecule has 0 aliphatic heterocycles. The van der Waals surface area contributed by atoms with Gasteiger partial charge in [-0.2, -0.15) is 8.42 Å². The number of halogens is 4. The molecular formula is C19H12Cl4O5S. The third-order valence-electron chi connectivity index (χ3n) is 4.38. The predicted octanol–water partition coefficient (Wildman–Crippen LogP) is 5.89. The van der Waals surface area contributed by atoms with Gasteiger partial charge in [-0.3, -0.25) is 4.55 Å². The van der Waals surface area contributed by atoms with Crippen molar-refractivity contribution in [3.8, 4) is 11.5 Å². The van der Waals surface area contributed by atoms with Gasteiger partial charge in [-0.25, -0.2) is 0 Å². The Bertz CT molecular complexity index is 1210. The summed E-state index contributed by atoms with van der Waals surface area (Å²) in [4.78, 5) is 0. The van der Waals surface area contributed by atoms with E-state index in [2.05, 4.69) is 0 Å². The summed E-state index contributed by atoms with van der Waals surface area (Å²) in [7, 11) is -5.16. The molecule has 0 saturated heterocycles. The van der Waals surface area contributed by atoms with E-state index < -0.39 is 31.9 Å². The topological polar surface area (TPSA) is 94.8 Å². The fraction of sp³-hybridized carbons (Fsp3) is 0.0526. The number of rotatable bonds is 4. The van der Waals surface area contributed by atoms with Crippen LogP contribution in [0.4, 0.5) is 0 Å². The van der Waals surface area contributed by atoms with Crippen molar-refractivity contribution >= 4 is 56.5 Å². The van der Waals surface area contributed by atoms with E-state index in [4.69, 9.17) is 46.4 Å². The molecule has 0 aromatic heterocycles. The quantitative estimate of drug-likeness (QED) is 0.239. The van der Waals surface area contributed by atoms with Gasteiger partial charge in [0.15, 0.2) is 4.75 Å². The second-order valence-electron chi connectivity index (χ2n) is 6.08. The van der Waals surface area contributed by atoms with Crippen LogP contribution in [0.1, 0.15) is 16.7 Å². The van der Waals surface area contributed by atoms with Gasteiger partial charge >= 0.3 is 0 Å². The van der Waals surface area contributed by atoms with Crippen LogP contribution < -0.4 is 0 Å². The average Bonchev–Trinajstić information content (AvgIpc) is 2.62. The third kappa shape index (κ3) is 3.65. The molecule has 0 fully saturated rings. The Labute approximate surface area is 186 Å². The summed E-state index contributed by atoms with van der Waals surface area (Å²) in [6, 6.07) is 11.7. The average molecular weight is 494 g/mol. The Hall–Kier alpha value is -1.67. The minimum atomic E-state index is -5.16. The highest BCUT2D eigenvalue weighted by Crippen LogP contribution is 2.53. The number of phenolic OH excluding ortho intramolecular Hbond substituents is 2. The summed E-state index contributed by atoms with van der Waals surface area (Å²) in [5.74, 6) is -1.15. The van der Waals surface area contributed by atoms with Gasteiger partial charge in [-0.1, -0.05) is 64.6 Å². The van der Waals surface area contributed by atoms with Crippen LogP contribution in [0.25, 0.3) is 0 Å². The zero-order chi connectivity index (χ0) is 21.6. The highest BCUT2D eigenvalue weighted by Gasteiger charge is 2.52. The van der Waals surface area contributed by atoms with E-state index in [0.717, 1.165) is 12.1 Å². The number of hydrogen-bond donors (Lipinski definition) is 3. The first-order valence-electron chi connectivity index (χ1n) is 7.89. The predicted molar refractivity (Wildman–Crippen MR) is 114 cm³/mol. The Morgan fingerprint density at radius 2 is 1.34 bits per heavy atom. The van der Waals surface area contributed by atoms with Gasteiger partial charge in [0, 0.05) is 37.8 Å². The molecule has 3 aromatic rings. The summed E-state index contributed by atoms with van der Waals surface area (Å²) in [6.07, 6.45) is 0. The molecule has 0 aliphatic carbocycles. The fourth-order valence-corrected chi connectivity index (χ4v) is 5.59. The van der Waals surface area contributed by atoms with E-state index in [-0.39, 0.29) is 31.2 Å². The van der Waals surface area contributed by atoms with Crippen molar-refractivity contribution in [3.05, 3.63) is 91.4 Å². The summed E-state index contributed by atoms with van der Waals surface area (Å²) in [6.45, 7) is 0. The second kappa shape index (κ2) is 7.87. The number of hydrogen-bond acceptors (Lipinski definition) is 4.